The Balaban J connectivity index is 1.73. The number of hydrogen-bond donors (Lipinski definition) is 1. The first kappa shape index (κ1) is 14.0. The molecule has 3 rings (SSSR count). The number of sulfone groups is 1. The van der Waals surface area contributed by atoms with Gasteiger partial charge >= 0.3 is 0 Å². The van der Waals surface area contributed by atoms with Crippen LogP contribution in [0.1, 0.15) is 18.5 Å². The summed E-state index contributed by atoms with van der Waals surface area (Å²) < 4.78 is 23.0. The number of likely N-dealkylation sites (tertiary alicyclic amines) is 1. The zero-order valence-electron chi connectivity index (χ0n) is 12.0. The van der Waals surface area contributed by atoms with Crippen LogP contribution in [0.2, 0.25) is 0 Å². The van der Waals surface area contributed by atoms with Gasteiger partial charge in [-0.2, -0.15) is 0 Å². The fourth-order valence-electron chi connectivity index (χ4n) is 3.41. The number of fused-ring (bicyclic) bond motifs is 1. The zero-order valence-corrected chi connectivity index (χ0v) is 12.9. The van der Waals surface area contributed by atoms with E-state index in [1.807, 2.05) is 12.1 Å². The fraction of sp³-hybridized carbons (Fsp3) is 0.600. The van der Waals surface area contributed by atoms with Gasteiger partial charge in [-0.3, -0.25) is 4.90 Å². The predicted octanol–water partition coefficient (Wildman–Crippen LogP) is 1.30. The Morgan fingerprint density at radius 3 is 2.20 bits per heavy atom. The van der Waals surface area contributed by atoms with Crippen molar-refractivity contribution >= 4 is 9.84 Å². The Kier molecular flexibility index (Phi) is 3.60. The average Bonchev–Trinajstić information content (AvgIpc) is 2.97. The summed E-state index contributed by atoms with van der Waals surface area (Å²) in [6.07, 6.45) is 1.25. The lowest BCUT2D eigenvalue weighted by molar-refractivity contribution is 0.244. The van der Waals surface area contributed by atoms with Crippen LogP contribution in [0.15, 0.2) is 29.2 Å². The van der Waals surface area contributed by atoms with Crippen LogP contribution >= 0.6 is 0 Å². The van der Waals surface area contributed by atoms with Gasteiger partial charge in [0.2, 0.25) is 0 Å². The molecular weight excluding hydrogens is 272 g/mol. The predicted molar refractivity (Wildman–Crippen MR) is 79.4 cm³/mol. The molecule has 1 unspecified atom stereocenters. The first-order chi connectivity index (χ1) is 9.45. The van der Waals surface area contributed by atoms with Gasteiger partial charge in [-0.25, -0.2) is 8.42 Å². The second-order valence-corrected chi connectivity index (χ2v) is 8.17. The summed E-state index contributed by atoms with van der Waals surface area (Å²) in [5.74, 6) is 1.57. The lowest BCUT2D eigenvalue weighted by Crippen LogP contribution is -2.28. The molecule has 20 heavy (non-hydrogen) atoms. The summed E-state index contributed by atoms with van der Waals surface area (Å²) in [4.78, 5) is 2.92. The van der Waals surface area contributed by atoms with Crippen LogP contribution in [-0.4, -0.2) is 45.8 Å². The Morgan fingerprint density at radius 2 is 1.70 bits per heavy atom. The highest BCUT2D eigenvalue weighted by Crippen LogP contribution is 2.32. The van der Waals surface area contributed by atoms with Gasteiger partial charge in [-0.15, -0.1) is 0 Å². The Labute approximate surface area is 121 Å². The second kappa shape index (κ2) is 5.13. The Morgan fingerprint density at radius 1 is 1.15 bits per heavy atom. The molecule has 0 aromatic heterocycles. The molecule has 0 bridgehead atoms. The van der Waals surface area contributed by atoms with E-state index in [0.717, 1.165) is 38.0 Å². The van der Waals surface area contributed by atoms with Crippen molar-refractivity contribution in [3.05, 3.63) is 29.8 Å². The minimum atomic E-state index is -3.10. The van der Waals surface area contributed by atoms with Crippen LogP contribution in [0.25, 0.3) is 0 Å². The van der Waals surface area contributed by atoms with Crippen molar-refractivity contribution in [3.8, 4) is 0 Å². The van der Waals surface area contributed by atoms with Crippen molar-refractivity contribution in [2.75, 3.05) is 32.4 Å². The molecule has 0 aliphatic carbocycles. The monoisotopic (exact) mass is 294 g/mol. The highest BCUT2D eigenvalue weighted by atomic mass is 32.2. The Bertz CT molecular complexity index is 570. The van der Waals surface area contributed by atoms with E-state index in [-0.39, 0.29) is 0 Å². The van der Waals surface area contributed by atoms with E-state index in [1.165, 1.54) is 11.8 Å². The molecule has 0 spiro atoms. The van der Waals surface area contributed by atoms with Crippen LogP contribution in [0.5, 0.6) is 0 Å². The van der Waals surface area contributed by atoms with Crippen LogP contribution in [0.4, 0.5) is 0 Å². The van der Waals surface area contributed by atoms with Gasteiger partial charge in [0.15, 0.2) is 9.84 Å². The lowest BCUT2D eigenvalue weighted by Gasteiger charge is -2.25. The van der Waals surface area contributed by atoms with Gasteiger partial charge in [-0.1, -0.05) is 12.1 Å². The quantitative estimate of drug-likeness (QED) is 0.913. The fourth-order valence-corrected chi connectivity index (χ4v) is 4.04. The molecule has 0 amide bonds. The molecule has 1 aromatic carbocycles. The third kappa shape index (κ3) is 2.62. The van der Waals surface area contributed by atoms with Crippen LogP contribution < -0.4 is 5.32 Å². The maximum absolute atomic E-state index is 11.5. The van der Waals surface area contributed by atoms with E-state index >= 15 is 0 Å². The zero-order chi connectivity index (χ0) is 14.3. The molecule has 0 radical (unpaired) electrons. The van der Waals surface area contributed by atoms with Crippen molar-refractivity contribution in [1.82, 2.24) is 10.2 Å². The molecule has 2 aliphatic rings. The molecule has 1 aromatic rings. The van der Waals surface area contributed by atoms with Crippen molar-refractivity contribution < 1.29 is 8.42 Å². The topological polar surface area (TPSA) is 49.4 Å². The first-order valence-corrected chi connectivity index (χ1v) is 9.09. The SMILES string of the molecule is CC(c1ccc(S(C)(=O)=O)cc1)N1C[C@H]2CNC[C@H]2C1. The van der Waals surface area contributed by atoms with Crippen molar-refractivity contribution in [1.29, 1.82) is 0 Å². The molecule has 2 heterocycles. The number of rotatable bonds is 3. The van der Waals surface area contributed by atoms with Crippen molar-refractivity contribution in [3.63, 3.8) is 0 Å². The van der Waals surface area contributed by atoms with E-state index < -0.39 is 9.84 Å². The molecule has 5 heteroatoms. The summed E-state index contributed by atoms with van der Waals surface area (Å²) in [5, 5.41) is 3.45. The molecule has 2 fully saturated rings. The minimum Gasteiger partial charge on any atom is -0.316 e. The van der Waals surface area contributed by atoms with E-state index in [1.54, 1.807) is 12.1 Å². The van der Waals surface area contributed by atoms with Crippen LogP contribution in [0.3, 0.4) is 0 Å². The number of nitrogens with zero attached hydrogens (tertiary/aromatic N) is 1. The summed E-state index contributed by atoms with van der Waals surface area (Å²) in [6.45, 7) is 6.78. The molecule has 2 aliphatic heterocycles. The Hall–Kier alpha value is -0.910. The lowest BCUT2D eigenvalue weighted by atomic mass is 10.0. The maximum Gasteiger partial charge on any atom is 0.175 e. The standard InChI is InChI=1S/C15H22N2O2S/c1-11(17-9-13-7-16-8-14(13)10-17)12-3-5-15(6-4-12)20(2,18)19/h3-6,11,13-14,16H,7-10H2,1-2H3/t11?,13-,14+. The summed E-state index contributed by atoms with van der Waals surface area (Å²) in [5.41, 5.74) is 1.20. The van der Waals surface area contributed by atoms with Crippen molar-refractivity contribution in [2.24, 2.45) is 11.8 Å². The largest absolute Gasteiger partial charge is 0.316 e. The van der Waals surface area contributed by atoms with Gasteiger partial charge < -0.3 is 5.32 Å². The highest BCUT2D eigenvalue weighted by molar-refractivity contribution is 7.90. The summed E-state index contributed by atoms with van der Waals surface area (Å²) >= 11 is 0. The highest BCUT2D eigenvalue weighted by Gasteiger charge is 2.37. The maximum atomic E-state index is 11.5. The minimum absolute atomic E-state index is 0.356. The average molecular weight is 294 g/mol. The number of nitrogens with one attached hydrogen (secondary N) is 1. The van der Waals surface area contributed by atoms with Gasteiger partial charge in [-0.05, 0) is 49.5 Å². The van der Waals surface area contributed by atoms with Gasteiger partial charge in [0, 0.05) is 25.4 Å². The molecule has 2 saturated heterocycles. The van der Waals surface area contributed by atoms with Gasteiger partial charge in [0.05, 0.1) is 4.90 Å². The van der Waals surface area contributed by atoms with Crippen molar-refractivity contribution in [2.45, 2.75) is 17.9 Å². The smallest absolute Gasteiger partial charge is 0.175 e. The number of hydrogen-bond acceptors (Lipinski definition) is 4. The molecule has 4 nitrogen and oxygen atoms in total. The molecule has 110 valence electrons. The first-order valence-electron chi connectivity index (χ1n) is 7.20. The molecular formula is C15H22N2O2S. The van der Waals surface area contributed by atoms with E-state index in [2.05, 4.69) is 17.1 Å². The van der Waals surface area contributed by atoms with Crippen LogP contribution in [-0.2, 0) is 9.84 Å². The normalized spacial score (nSPS) is 28.5. The van der Waals surface area contributed by atoms with Gasteiger partial charge in [0.25, 0.3) is 0 Å². The molecule has 3 atom stereocenters. The third-order valence-corrected chi connectivity index (χ3v) is 5.88. The van der Waals surface area contributed by atoms with E-state index in [9.17, 15) is 8.42 Å². The van der Waals surface area contributed by atoms with E-state index in [0.29, 0.717) is 10.9 Å². The number of benzene rings is 1. The summed E-state index contributed by atoms with van der Waals surface area (Å²) in [6, 6.07) is 7.70. The molecule has 0 saturated carbocycles. The van der Waals surface area contributed by atoms with Crippen LogP contribution in [0, 0.1) is 11.8 Å². The van der Waals surface area contributed by atoms with E-state index in [4.69, 9.17) is 0 Å². The summed E-state index contributed by atoms with van der Waals surface area (Å²) in [7, 11) is -3.10. The molecule has 1 N–H and O–H groups in total. The van der Waals surface area contributed by atoms with Gasteiger partial charge in [0.1, 0.15) is 0 Å². The second-order valence-electron chi connectivity index (χ2n) is 6.15. The third-order valence-electron chi connectivity index (χ3n) is 4.76.